The number of fused-ring (bicyclic) bond motifs is 5. The Morgan fingerprint density at radius 2 is 1.25 bits per heavy atom. The summed E-state index contributed by atoms with van der Waals surface area (Å²) >= 11 is 0. The van der Waals surface area contributed by atoms with Crippen molar-refractivity contribution in [3.05, 3.63) is 70.8 Å². The van der Waals surface area contributed by atoms with Gasteiger partial charge in [0.2, 0.25) is 0 Å². The minimum atomic E-state index is 0.376. The van der Waals surface area contributed by atoms with Gasteiger partial charge in [0.25, 0.3) is 0 Å². The second-order valence-electron chi connectivity index (χ2n) is 8.22. The molecule has 0 radical (unpaired) electrons. The van der Waals surface area contributed by atoms with Crippen LogP contribution in [0.25, 0.3) is 0 Å². The summed E-state index contributed by atoms with van der Waals surface area (Å²) in [5.74, 6) is 1.34. The van der Waals surface area contributed by atoms with E-state index < -0.39 is 0 Å². The number of nitrogens with one attached hydrogen (secondary N) is 1. The molecule has 3 aliphatic rings. The zero-order chi connectivity index (χ0) is 16.3. The highest BCUT2D eigenvalue weighted by Gasteiger charge is 2.61. The van der Waals surface area contributed by atoms with Gasteiger partial charge in [-0.3, -0.25) is 4.90 Å². The van der Waals surface area contributed by atoms with Gasteiger partial charge in [-0.2, -0.15) is 0 Å². The lowest BCUT2D eigenvalue weighted by Crippen LogP contribution is -2.45. The molecule has 1 heterocycles. The molecule has 124 valence electrons. The van der Waals surface area contributed by atoms with Gasteiger partial charge in [0.05, 0.1) is 6.04 Å². The zero-order valence-corrected chi connectivity index (χ0v) is 14.6. The lowest BCUT2D eigenvalue weighted by Gasteiger charge is -2.37. The van der Waals surface area contributed by atoms with Crippen LogP contribution in [0.4, 0.5) is 0 Å². The summed E-state index contributed by atoms with van der Waals surface area (Å²) in [5, 5.41) is 3.51. The molecule has 2 aromatic rings. The topological polar surface area (TPSA) is 15.3 Å². The Kier molecular flexibility index (Phi) is 3.17. The summed E-state index contributed by atoms with van der Waals surface area (Å²) < 4.78 is 0. The van der Waals surface area contributed by atoms with Crippen molar-refractivity contribution in [2.45, 2.75) is 31.7 Å². The van der Waals surface area contributed by atoms with Crippen LogP contribution < -0.4 is 5.32 Å². The predicted molar refractivity (Wildman–Crippen MR) is 98.4 cm³/mol. The largest absolute Gasteiger partial charge is 0.314 e. The van der Waals surface area contributed by atoms with Gasteiger partial charge in [-0.05, 0) is 39.5 Å². The van der Waals surface area contributed by atoms with Crippen molar-refractivity contribution in [3.8, 4) is 0 Å². The van der Waals surface area contributed by atoms with Crippen molar-refractivity contribution in [1.29, 1.82) is 0 Å². The van der Waals surface area contributed by atoms with E-state index >= 15 is 0 Å². The maximum absolute atomic E-state index is 3.51. The van der Waals surface area contributed by atoms with E-state index in [1.165, 1.54) is 0 Å². The Bertz CT molecular complexity index is 718. The van der Waals surface area contributed by atoms with Crippen LogP contribution >= 0.6 is 0 Å². The number of rotatable bonds is 1. The van der Waals surface area contributed by atoms with Crippen LogP contribution in [0, 0.1) is 5.41 Å². The summed E-state index contributed by atoms with van der Waals surface area (Å²) in [6.07, 6.45) is 0. The molecule has 1 saturated carbocycles. The number of hydrogen-bond donors (Lipinski definition) is 1. The van der Waals surface area contributed by atoms with Crippen LogP contribution in [-0.2, 0) is 0 Å². The highest BCUT2D eigenvalue weighted by molar-refractivity contribution is 5.55. The molecule has 1 saturated heterocycles. The molecule has 24 heavy (non-hydrogen) atoms. The smallest absolute Gasteiger partial charge is 0.0608 e. The van der Waals surface area contributed by atoms with Gasteiger partial charge >= 0.3 is 0 Å². The van der Waals surface area contributed by atoms with Crippen LogP contribution in [0.1, 0.15) is 54.0 Å². The molecule has 2 aromatic carbocycles. The number of hydrogen-bond acceptors (Lipinski definition) is 2. The Morgan fingerprint density at radius 1 is 0.792 bits per heavy atom. The molecule has 1 N–H and O–H groups in total. The van der Waals surface area contributed by atoms with E-state index in [0.717, 1.165) is 26.2 Å². The Balaban J connectivity index is 1.73. The third-order valence-electron chi connectivity index (χ3n) is 6.60. The SMILES string of the molecule is CC1(C)C2c3ccccc3C(N3CCNCC3)c3ccccc3C21. The molecule has 0 aromatic heterocycles. The van der Waals surface area contributed by atoms with Crippen LogP contribution in [0.3, 0.4) is 0 Å². The van der Waals surface area contributed by atoms with Gasteiger partial charge in [-0.15, -0.1) is 0 Å². The molecule has 2 nitrogen and oxygen atoms in total. The van der Waals surface area contributed by atoms with Crippen LogP contribution in [0.5, 0.6) is 0 Å². The normalized spacial score (nSPS) is 30.7. The summed E-state index contributed by atoms with van der Waals surface area (Å²) in [7, 11) is 0. The lowest BCUT2D eigenvalue weighted by molar-refractivity contribution is 0.197. The van der Waals surface area contributed by atoms with Gasteiger partial charge in [-0.25, -0.2) is 0 Å². The fraction of sp³-hybridized carbons (Fsp3) is 0.455. The molecule has 0 spiro atoms. The van der Waals surface area contributed by atoms with Crippen molar-refractivity contribution in [1.82, 2.24) is 10.2 Å². The van der Waals surface area contributed by atoms with E-state index in [2.05, 4.69) is 72.6 Å². The fourth-order valence-corrected chi connectivity index (χ4v) is 5.39. The highest BCUT2D eigenvalue weighted by atomic mass is 15.2. The fourth-order valence-electron chi connectivity index (χ4n) is 5.39. The second kappa shape index (κ2) is 5.18. The molecule has 2 fully saturated rings. The van der Waals surface area contributed by atoms with E-state index in [9.17, 15) is 0 Å². The van der Waals surface area contributed by atoms with Crippen molar-refractivity contribution < 1.29 is 0 Å². The third kappa shape index (κ3) is 1.96. The molecule has 2 atom stereocenters. The van der Waals surface area contributed by atoms with Crippen molar-refractivity contribution in [3.63, 3.8) is 0 Å². The van der Waals surface area contributed by atoms with Gasteiger partial charge in [0.1, 0.15) is 0 Å². The predicted octanol–water partition coefficient (Wildman–Crippen LogP) is 3.90. The van der Waals surface area contributed by atoms with E-state index in [1.807, 2.05) is 0 Å². The molecule has 2 aliphatic carbocycles. The van der Waals surface area contributed by atoms with E-state index in [1.54, 1.807) is 22.3 Å². The summed E-state index contributed by atoms with van der Waals surface area (Å²) in [5.41, 5.74) is 6.65. The summed E-state index contributed by atoms with van der Waals surface area (Å²) in [4.78, 5) is 2.69. The second-order valence-corrected chi connectivity index (χ2v) is 8.22. The first kappa shape index (κ1) is 14.7. The van der Waals surface area contributed by atoms with Gasteiger partial charge in [0, 0.05) is 26.2 Å². The van der Waals surface area contributed by atoms with Crippen molar-refractivity contribution in [2.24, 2.45) is 5.41 Å². The minimum Gasteiger partial charge on any atom is -0.314 e. The molecule has 0 amide bonds. The average Bonchev–Trinajstić information content (AvgIpc) is 3.22. The standard InChI is InChI=1S/C22H26N2/c1-22(2)19-15-7-3-5-9-17(15)21(24-13-11-23-12-14-24)18-10-6-4-8-16(18)20(19)22/h3-10,19-21,23H,11-14H2,1-2H3. The van der Waals surface area contributed by atoms with E-state index in [-0.39, 0.29) is 0 Å². The first-order valence-electron chi connectivity index (χ1n) is 9.32. The maximum atomic E-state index is 3.51. The number of nitrogens with zero attached hydrogens (tertiary/aromatic N) is 1. The molecule has 0 bridgehead atoms. The van der Waals surface area contributed by atoms with Crippen LogP contribution in [0.2, 0.25) is 0 Å². The first-order valence-corrected chi connectivity index (χ1v) is 9.32. The first-order chi connectivity index (χ1) is 11.7. The molecular formula is C22H26N2. The monoisotopic (exact) mass is 318 g/mol. The average molecular weight is 318 g/mol. The van der Waals surface area contributed by atoms with Crippen LogP contribution in [0.15, 0.2) is 48.5 Å². The van der Waals surface area contributed by atoms with E-state index in [0.29, 0.717) is 23.3 Å². The molecule has 2 unspecified atom stereocenters. The molecule has 1 aliphatic heterocycles. The molecule has 5 rings (SSSR count). The number of piperazine rings is 1. The third-order valence-corrected chi connectivity index (χ3v) is 6.60. The Morgan fingerprint density at radius 3 is 1.75 bits per heavy atom. The van der Waals surface area contributed by atoms with Gasteiger partial charge in [-0.1, -0.05) is 62.4 Å². The summed E-state index contributed by atoms with van der Waals surface area (Å²) in [6, 6.07) is 18.9. The zero-order valence-electron chi connectivity index (χ0n) is 14.6. The lowest BCUT2D eigenvalue weighted by atomic mass is 9.87. The summed E-state index contributed by atoms with van der Waals surface area (Å²) in [6.45, 7) is 9.35. The van der Waals surface area contributed by atoms with Gasteiger partial charge in [0.15, 0.2) is 0 Å². The minimum absolute atomic E-state index is 0.376. The van der Waals surface area contributed by atoms with E-state index in [4.69, 9.17) is 0 Å². The Labute approximate surface area is 144 Å². The van der Waals surface area contributed by atoms with Crippen molar-refractivity contribution >= 4 is 0 Å². The maximum Gasteiger partial charge on any atom is 0.0608 e. The van der Waals surface area contributed by atoms with Gasteiger partial charge < -0.3 is 5.32 Å². The molecule has 2 heteroatoms. The molecular weight excluding hydrogens is 292 g/mol. The highest BCUT2D eigenvalue weighted by Crippen LogP contribution is 2.72. The van der Waals surface area contributed by atoms with Crippen molar-refractivity contribution in [2.75, 3.05) is 26.2 Å². The Hall–Kier alpha value is -1.64. The van der Waals surface area contributed by atoms with Crippen LogP contribution in [-0.4, -0.2) is 31.1 Å². The number of benzene rings is 2. The quantitative estimate of drug-likeness (QED) is 0.858.